The lowest BCUT2D eigenvalue weighted by Gasteiger charge is -1.91. The van der Waals surface area contributed by atoms with E-state index in [9.17, 15) is 5.21 Å². The number of aryl methyl sites for hydroxylation is 1. The van der Waals surface area contributed by atoms with Crippen LogP contribution in [0.1, 0.15) is 5.56 Å². The number of aromatic nitrogens is 1. The first-order chi connectivity index (χ1) is 5.29. The molecule has 3 nitrogen and oxygen atoms in total. The highest BCUT2D eigenvalue weighted by Crippen LogP contribution is 2.13. The van der Waals surface area contributed by atoms with Gasteiger partial charge in [-0.15, -0.1) is 4.73 Å². The maximum Gasteiger partial charge on any atom is 0.347 e. The minimum Gasteiger partial charge on any atom is -0.616 e. The normalized spacial score (nSPS) is 10.6. The molecule has 0 N–H and O–H groups in total. The van der Waals surface area contributed by atoms with Crippen LogP contribution in [0.5, 0.6) is 0 Å². The molecule has 2 aromatic rings. The van der Waals surface area contributed by atoms with Crippen LogP contribution in [0.3, 0.4) is 0 Å². The van der Waals surface area contributed by atoms with E-state index in [1.807, 2.05) is 19.1 Å². The lowest BCUT2D eigenvalue weighted by Crippen LogP contribution is -2.22. The number of oxazole rings is 1. The van der Waals surface area contributed by atoms with E-state index in [4.69, 9.17) is 4.42 Å². The Morgan fingerprint density at radius 3 is 3.00 bits per heavy atom. The summed E-state index contributed by atoms with van der Waals surface area (Å²) >= 11 is 0. The van der Waals surface area contributed by atoms with E-state index in [1.165, 1.54) is 0 Å². The fourth-order valence-electron chi connectivity index (χ4n) is 1.17. The summed E-state index contributed by atoms with van der Waals surface area (Å²) < 4.78 is 5.72. The van der Waals surface area contributed by atoms with Crippen LogP contribution in [0.25, 0.3) is 11.1 Å². The zero-order valence-electron chi connectivity index (χ0n) is 6.07. The van der Waals surface area contributed by atoms with Crippen molar-refractivity contribution < 1.29 is 9.15 Å². The number of rotatable bonds is 0. The summed E-state index contributed by atoms with van der Waals surface area (Å²) in [6.07, 6.45) is 1.16. The van der Waals surface area contributed by atoms with Crippen LogP contribution >= 0.6 is 0 Å². The second-order valence-electron chi connectivity index (χ2n) is 2.47. The molecule has 0 amide bonds. The first kappa shape index (κ1) is 6.22. The van der Waals surface area contributed by atoms with Crippen molar-refractivity contribution in [3.8, 4) is 0 Å². The number of hydrogen-bond donors (Lipinski definition) is 0. The molecule has 0 unspecified atom stereocenters. The molecule has 0 saturated heterocycles. The first-order valence-electron chi connectivity index (χ1n) is 3.35. The average molecular weight is 149 g/mol. The molecule has 0 aliphatic heterocycles. The van der Waals surface area contributed by atoms with Gasteiger partial charge in [0.2, 0.25) is 5.58 Å². The Kier molecular flexibility index (Phi) is 1.12. The van der Waals surface area contributed by atoms with Crippen molar-refractivity contribution in [3.05, 3.63) is 35.4 Å². The number of benzene rings is 1. The lowest BCUT2D eigenvalue weighted by molar-refractivity contribution is -0.583. The molecular weight excluding hydrogens is 142 g/mol. The zero-order valence-corrected chi connectivity index (χ0v) is 6.07. The van der Waals surface area contributed by atoms with Crippen LogP contribution in [-0.2, 0) is 0 Å². The van der Waals surface area contributed by atoms with Crippen molar-refractivity contribution in [2.24, 2.45) is 0 Å². The van der Waals surface area contributed by atoms with Crippen LogP contribution in [0.4, 0.5) is 0 Å². The van der Waals surface area contributed by atoms with Gasteiger partial charge in [0.15, 0.2) is 0 Å². The molecule has 0 radical (unpaired) electrons. The van der Waals surface area contributed by atoms with Crippen LogP contribution in [0.15, 0.2) is 29.0 Å². The molecule has 1 heterocycles. The summed E-state index contributed by atoms with van der Waals surface area (Å²) in [7, 11) is 0. The monoisotopic (exact) mass is 149 g/mol. The van der Waals surface area contributed by atoms with Gasteiger partial charge in [-0.3, -0.25) is 0 Å². The highest BCUT2D eigenvalue weighted by Gasteiger charge is 2.09. The molecule has 2 rings (SSSR count). The topological polar surface area (TPSA) is 40.1 Å². The second-order valence-corrected chi connectivity index (χ2v) is 2.47. The molecule has 0 saturated carbocycles. The van der Waals surface area contributed by atoms with Crippen LogP contribution in [0, 0.1) is 12.1 Å². The predicted molar refractivity (Wildman–Crippen MR) is 39.9 cm³/mol. The molecule has 0 fully saturated rings. The standard InChI is InChI=1S/C8H7NO2/c1-6-3-2-4-7-8(6)9(10)5-11-7/h2-5H,1H3. The quantitative estimate of drug-likeness (QED) is 0.419. The van der Waals surface area contributed by atoms with Gasteiger partial charge < -0.3 is 9.62 Å². The Bertz CT molecular complexity index is 392. The van der Waals surface area contributed by atoms with Crippen LogP contribution in [-0.4, -0.2) is 0 Å². The van der Waals surface area contributed by atoms with E-state index in [-0.39, 0.29) is 0 Å². The molecule has 1 aromatic heterocycles. The van der Waals surface area contributed by atoms with Gasteiger partial charge in [0.25, 0.3) is 5.52 Å². The van der Waals surface area contributed by atoms with Gasteiger partial charge in [0.05, 0.1) is 0 Å². The fourth-order valence-corrected chi connectivity index (χ4v) is 1.17. The molecule has 56 valence electrons. The Morgan fingerprint density at radius 1 is 1.45 bits per heavy atom. The van der Waals surface area contributed by atoms with Gasteiger partial charge in [-0.05, 0) is 13.0 Å². The van der Waals surface area contributed by atoms with E-state index in [1.54, 1.807) is 6.07 Å². The van der Waals surface area contributed by atoms with E-state index in [2.05, 4.69) is 0 Å². The van der Waals surface area contributed by atoms with Crippen LogP contribution < -0.4 is 4.73 Å². The SMILES string of the molecule is Cc1cccc2oc[n+]([O-])c12. The number of hydrogen-bond acceptors (Lipinski definition) is 2. The second kappa shape index (κ2) is 1.99. The molecule has 0 aliphatic rings. The van der Waals surface area contributed by atoms with Gasteiger partial charge in [-0.2, -0.15) is 0 Å². The fraction of sp³-hybridized carbons (Fsp3) is 0.125. The highest BCUT2D eigenvalue weighted by atomic mass is 16.5. The summed E-state index contributed by atoms with van der Waals surface area (Å²) in [5.74, 6) is 0. The number of nitrogens with zero attached hydrogens (tertiary/aromatic N) is 1. The van der Waals surface area contributed by atoms with Gasteiger partial charge >= 0.3 is 6.39 Å². The third-order valence-electron chi connectivity index (χ3n) is 1.70. The summed E-state index contributed by atoms with van der Waals surface area (Å²) in [5.41, 5.74) is 2.19. The van der Waals surface area contributed by atoms with Crippen molar-refractivity contribution >= 4 is 11.1 Å². The molecular formula is C8H7NO2. The molecule has 0 spiro atoms. The zero-order chi connectivity index (χ0) is 7.84. The summed E-state index contributed by atoms with van der Waals surface area (Å²) in [4.78, 5) is 0. The first-order valence-corrected chi connectivity index (χ1v) is 3.35. The van der Waals surface area contributed by atoms with Crippen molar-refractivity contribution in [2.75, 3.05) is 0 Å². The summed E-state index contributed by atoms with van der Waals surface area (Å²) in [5, 5.41) is 11.0. The predicted octanol–water partition coefficient (Wildman–Crippen LogP) is 1.37. The molecule has 0 atom stereocenters. The molecule has 0 aliphatic carbocycles. The Labute approximate surface area is 63.5 Å². The average Bonchev–Trinajstić information content (AvgIpc) is 2.34. The molecule has 0 bridgehead atoms. The lowest BCUT2D eigenvalue weighted by atomic mass is 10.2. The third-order valence-corrected chi connectivity index (χ3v) is 1.70. The van der Waals surface area contributed by atoms with Gasteiger partial charge in [0, 0.05) is 5.56 Å². The van der Waals surface area contributed by atoms with Gasteiger partial charge in [-0.1, -0.05) is 12.1 Å². The minimum atomic E-state index is 0.618. The Hall–Kier alpha value is -1.51. The Morgan fingerprint density at radius 2 is 2.27 bits per heavy atom. The van der Waals surface area contributed by atoms with Crippen molar-refractivity contribution in [2.45, 2.75) is 6.92 Å². The minimum absolute atomic E-state index is 0.618. The highest BCUT2D eigenvalue weighted by molar-refractivity contribution is 5.72. The maximum atomic E-state index is 11.0. The smallest absolute Gasteiger partial charge is 0.347 e. The molecule has 3 heteroatoms. The van der Waals surface area contributed by atoms with Crippen molar-refractivity contribution in [3.63, 3.8) is 0 Å². The van der Waals surface area contributed by atoms with Gasteiger partial charge in [-0.25, -0.2) is 0 Å². The summed E-state index contributed by atoms with van der Waals surface area (Å²) in [6, 6.07) is 5.52. The van der Waals surface area contributed by atoms with E-state index in [0.717, 1.165) is 16.7 Å². The largest absolute Gasteiger partial charge is 0.616 e. The van der Waals surface area contributed by atoms with E-state index >= 15 is 0 Å². The molecule has 11 heavy (non-hydrogen) atoms. The Balaban J connectivity index is 2.96. The third kappa shape index (κ3) is 0.774. The number of para-hydroxylation sites is 1. The van der Waals surface area contributed by atoms with Crippen LogP contribution in [0.2, 0.25) is 0 Å². The van der Waals surface area contributed by atoms with E-state index in [0.29, 0.717) is 11.1 Å². The van der Waals surface area contributed by atoms with Crippen molar-refractivity contribution in [1.29, 1.82) is 0 Å². The number of fused-ring (bicyclic) bond motifs is 1. The van der Waals surface area contributed by atoms with Gasteiger partial charge in [0.1, 0.15) is 0 Å². The molecule has 1 aromatic carbocycles. The van der Waals surface area contributed by atoms with E-state index < -0.39 is 0 Å². The van der Waals surface area contributed by atoms with Crippen molar-refractivity contribution in [1.82, 2.24) is 0 Å². The maximum absolute atomic E-state index is 11.0. The summed E-state index contributed by atoms with van der Waals surface area (Å²) in [6.45, 7) is 1.88.